The molecule has 0 aliphatic rings. The highest BCUT2D eigenvalue weighted by atomic mass is 79.9. The second-order valence-electron chi connectivity index (χ2n) is 5.84. The number of aromatic amines is 1. The number of rotatable bonds is 5. The van der Waals surface area contributed by atoms with E-state index in [1.54, 1.807) is 48.2 Å². The highest BCUT2D eigenvalue weighted by Gasteiger charge is 2.10. The van der Waals surface area contributed by atoms with Crippen LogP contribution in [0.1, 0.15) is 29.8 Å². The van der Waals surface area contributed by atoms with Gasteiger partial charge in [-0.1, -0.05) is 41.5 Å². The lowest BCUT2D eigenvalue weighted by atomic mass is 10.2. The number of carbonyl (C=O) groups is 1. The molecule has 3 N–H and O–H groups in total. The van der Waals surface area contributed by atoms with E-state index in [-0.39, 0.29) is 11.7 Å². The van der Waals surface area contributed by atoms with Gasteiger partial charge in [0.05, 0.1) is 17.2 Å². The fraction of sp³-hybridized carbons (Fsp3) is 0.167. The van der Waals surface area contributed by atoms with Crippen LogP contribution < -0.4 is 5.43 Å². The van der Waals surface area contributed by atoms with Crippen LogP contribution in [0.4, 0.5) is 0 Å². The summed E-state index contributed by atoms with van der Waals surface area (Å²) < 4.78 is 0.808. The zero-order chi connectivity index (χ0) is 18.7. The van der Waals surface area contributed by atoms with Gasteiger partial charge >= 0.3 is 0 Å². The average molecular weight is 433 g/mol. The molecular formula is C18H17BrN4O2S. The lowest BCUT2D eigenvalue weighted by Gasteiger charge is -2.01. The van der Waals surface area contributed by atoms with Crippen molar-refractivity contribution in [1.29, 1.82) is 0 Å². The number of hydrazone groups is 1. The van der Waals surface area contributed by atoms with Crippen LogP contribution in [0.15, 0.2) is 51.1 Å². The lowest BCUT2D eigenvalue weighted by Crippen LogP contribution is -2.17. The van der Waals surface area contributed by atoms with Crippen LogP contribution in [-0.4, -0.2) is 32.4 Å². The normalized spacial score (nSPS) is 11.5. The van der Waals surface area contributed by atoms with Crippen LogP contribution in [0, 0.1) is 0 Å². The summed E-state index contributed by atoms with van der Waals surface area (Å²) in [7, 11) is 0. The van der Waals surface area contributed by atoms with Gasteiger partial charge in [-0.05, 0) is 36.4 Å². The first-order valence-electron chi connectivity index (χ1n) is 7.91. The third kappa shape index (κ3) is 4.44. The van der Waals surface area contributed by atoms with Crippen molar-refractivity contribution >= 4 is 50.8 Å². The number of aromatic hydroxyl groups is 1. The van der Waals surface area contributed by atoms with Crippen LogP contribution in [0.2, 0.25) is 0 Å². The first kappa shape index (κ1) is 18.5. The number of halogens is 1. The summed E-state index contributed by atoms with van der Waals surface area (Å²) in [4.78, 5) is 20.0. The standard InChI is InChI=1S/C18H17BrN4O2S/c1-10(2)26-18-21-14-5-3-11(8-15(14)22-18)17(25)23-20-9-12-7-13(19)4-6-16(12)24/h3-10,24H,1-2H3,(H,21,22)(H,23,25)/b20-9-. The molecule has 1 aromatic heterocycles. The molecule has 0 fully saturated rings. The predicted molar refractivity (Wildman–Crippen MR) is 108 cm³/mol. The molecule has 0 saturated carbocycles. The van der Waals surface area contributed by atoms with E-state index in [1.807, 2.05) is 0 Å². The maximum Gasteiger partial charge on any atom is 0.271 e. The molecule has 134 valence electrons. The van der Waals surface area contributed by atoms with E-state index in [9.17, 15) is 9.90 Å². The summed E-state index contributed by atoms with van der Waals surface area (Å²) >= 11 is 4.96. The van der Waals surface area contributed by atoms with Gasteiger partial charge in [-0.25, -0.2) is 10.4 Å². The van der Waals surface area contributed by atoms with Gasteiger partial charge in [0.15, 0.2) is 5.16 Å². The van der Waals surface area contributed by atoms with Gasteiger partial charge in [0.25, 0.3) is 5.91 Å². The highest BCUT2D eigenvalue weighted by molar-refractivity contribution is 9.10. The fourth-order valence-electron chi connectivity index (χ4n) is 2.26. The Morgan fingerprint density at radius 3 is 2.92 bits per heavy atom. The van der Waals surface area contributed by atoms with E-state index in [2.05, 4.69) is 50.3 Å². The van der Waals surface area contributed by atoms with Crippen molar-refractivity contribution in [1.82, 2.24) is 15.4 Å². The quantitative estimate of drug-likeness (QED) is 0.318. The lowest BCUT2D eigenvalue weighted by molar-refractivity contribution is 0.0955. The van der Waals surface area contributed by atoms with Gasteiger partial charge in [0.1, 0.15) is 5.75 Å². The van der Waals surface area contributed by atoms with Crippen LogP contribution in [0.25, 0.3) is 11.0 Å². The minimum atomic E-state index is -0.342. The van der Waals surface area contributed by atoms with Gasteiger partial charge in [-0.3, -0.25) is 4.79 Å². The molecule has 0 aliphatic heterocycles. The fourth-order valence-corrected chi connectivity index (χ4v) is 3.41. The van der Waals surface area contributed by atoms with Crippen molar-refractivity contribution in [2.75, 3.05) is 0 Å². The zero-order valence-corrected chi connectivity index (χ0v) is 16.6. The van der Waals surface area contributed by atoms with Crippen LogP contribution >= 0.6 is 27.7 Å². The molecule has 8 heteroatoms. The Kier molecular flexibility index (Phi) is 5.63. The molecule has 0 atom stereocenters. The number of carbonyl (C=O) groups excluding carboxylic acids is 1. The highest BCUT2D eigenvalue weighted by Crippen LogP contribution is 2.23. The molecule has 0 bridgehead atoms. The molecule has 26 heavy (non-hydrogen) atoms. The Balaban J connectivity index is 1.73. The monoisotopic (exact) mass is 432 g/mol. The SMILES string of the molecule is CC(C)Sc1nc2ccc(C(=O)N/N=C\c3cc(Br)ccc3O)cc2[nH]1. The number of nitrogens with one attached hydrogen (secondary N) is 2. The van der Waals surface area contributed by atoms with E-state index >= 15 is 0 Å². The largest absolute Gasteiger partial charge is 0.507 e. The molecule has 1 heterocycles. The van der Waals surface area contributed by atoms with Crippen LogP contribution in [-0.2, 0) is 0 Å². The number of imidazole rings is 1. The first-order chi connectivity index (χ1) is 12.4. The second kappa shape index (κ2) is 7.92. The van der Waals surface area contributed by atoms with Gasteiger partial charge in [0, 0.05) is 20.8 Å². The number of hydrogen-bond acceptors (Lipinski definition) is 5. The number of benzene rings is 2. The molecule has 0 radical (unpaired) electrons. The molecule has 0 unspecified atom stereocenters. The van der Waals surface area contributed by atoms with E-state index in [0.29, 0.717) is 16.4 Å². The van der Waals surface area contributed by atoms with E-state index in [1.165, 1.54) is 6.21 Å². The van der Waals surface area contributed by atoms with Gasteiger partial charge in [-0.15, -0.1) is 0 Å². The number of amides is 1. The molecular weight excluding hydrogens is 416 g/mol. The number of fused-ring (bicyclic) bond motifs is 1. The Labute approximate surface area is 163 Å². The second-order valence-corrected chi connectivity index (χ2v) is 8.32. The number of hydrogen-bond donors (Lipinski definition) is 3. The minimum absolute atomic E-state index is 0.0836. The number of thioether (sulfide) groups is 1. The van der Waals surface area contributed by atoms with E-state index in [4.69, 9.17) is 0 Å². The average Bonchev–Trinajstić information content (AvgIpc) is 2.98. The van der Waals surface area contributed by atoms with Gasteiger partial charge < -0.3 is 10.1 Å². The third-order valence-corrected chi connectivity index (χ3v) is 4.81. The van der Waals surface area contributed by atoms with Gasteiger partial charge in [-0.2, -0.15) is 5.10 Å². The molecule has 3 rings (SSSR count). The van der Waals surface area contributed by atoms with Crippen molar-refractivity contribution < 1.29 is 9.90 Å². The summed E-state index contributed by atoms with van der Waals surface area (Å²) in [6.45, 7) is 4.19. The molecule has 2 aromatic carbocycles. The summed E-state index contributed by atoms with van der Waals surface area (Å²) in [5.41, 5.74) is 5.04. The number of phenols is 1. The number of nitrogens with zero attached hydrogens (tertiary/aromatic N) is 2. The molecule has 3 aromatic rings. The Hall–Kier alpha value is -2.32. The van der Waals surface area contributed by atoms with Crippen molar-refractivity contribution in [2.45, 2.75) is 24.3 Å². The summed E-state index contributed by atoms with van der Waals surface area (Å²) in [5.74, 6) is -0.259. The maximum absolute atomic E-state index is 12.3. The van der Waals surface area contributed by atoms with Crippen molar-refractivity contribution in [3.63, 3.8) is 0 Å². The van der Waals surface area contributed by atoms with Crippen LogP contribution in [0.3, 0.4) is 0 Å². The van der Waals surface area contributed by atoms with Gasteiger partial charge in [0.2, 0.25) is 0 Å². The van der Waals surface area contributed by atoms with E-state index in [0.717, 1.165) is 20.7 Å². The van der Waals surface area contributed by atoms with Crippen LogP contribution in [0.5, 0.6) is 5.75 Å². The van der Waals surface area contributed by atoms with Crippen molar-refractivity contribution in [2.24, 2.45) is 5.10 Å². The molecule has 0 spiro atoms. The Morgan fingerprint density at radius 1 is 1.35 bits per heavy atom. The van der Waals surface area contributed by atoms with E-state index < -0.39 is 0 Å². The molecule has 1 amide bonds. The third-order valence-electron chi connectivity index (χ3n) is 3.43. The topological polar surface area (TPSA) is 90.4 Å². The summed E-state index contributed by atoms with van der Waals surface area (Å²) in [6.07, 6.45) is 1.39. The zero-order valence-electron chi connectivity index (χ0n) is 14.2. The summed E-state index contributed by atoms with van der Waals surface area (Å²) in [6, 6.07) is 10.2. The predicted octanol–water partition coefficient (Wildman–Crippen LogP) is 4.30. The van der Waals surface area contributed by atoms with Crippen molar-refractivity contribution in [3.8, 4) is 5.75 Å². The number of phenolic OH excluding ortho intramolecular Hbond substituents is 1. The first-order valence-corrected chi connectivity index (χ1v) is 9.58. The minimum Gasteiger partial charge on any atom is -0.507 e. The Morgan fingerprint density at radius 2 is 2.15 bits per heavy atom. The summed E-state index contributed by atoms with van der Waals surface area (Å²) in [5, 5.41) is 14.9. The Bertz CT molecular complexity index is 984. The molecule has 0 aliphatic carbocycles. The smallest absolute Gasteiger partial charge is 0.271 e. The number of H-pyrrole nitrogens is 1. The molecule has 0 saturated heterocycles. The number of aromatic nitrogens is 2. The van der Waals surface area contributed by atoms with Crippen molar-refractivity contribution in [3.05, 3.63) is 52.0 Å². The molecule has 6 nitrogen and oxygen atoms in total. The maximum atomic E-state index is 12.3.